The van der Waals surface area contributed by atoms with Crippen LogP contribution in [0.3, 0.4) is 0 Å². The quantitative estimate of drug-likeness (QED) is 0.563. The number of nitrogens with zero attached hydrogens (tertiary/aromatic N) is 4. The van der Waals surface area contributed by atoms with Crippen molar-refractivity contribution in [2.75, 3.05) is 0 Å². The molecule has 0 saturated heterocycles. The molecule has 25 heavy (non-hydrogen) atoms. The minimum Gasteiger partial charge on any atom is -0.249 e. The monoisotopic (exact) mass is 416 g/mol. The summed E-state index contributed by atoms with van der Waals surface area (Å²) < 4.78 is 3.30. The van der Waals surface area contributed by atoms with E-state index < -0.39 is 0 Å². The highest BCUT2D eigenvalue weighted by atomic mass is 79.9. The Labute approximate surface area is 160 Å². The highest BCUT2D eigenvalue weighted by Gasteiger charge is 2.21. The van der Waals surface area contributed by atoms with Crippen molar-refractivity contribution in [2.45, 2.75) is 45.6 Å². The number of thiazole rings is 1. The average Bonchev–Trinajstić information content (AvgIpc) is 3.21. The third-order valence-electron chi connectivity index (χ3n) is 4.85. The topological polar surface area (TPSA) is 43.6 Å². The van der Waals surface area contributed by atoms with E-state index in [-0.39, 0.29) is 0 Å². The van der Waals surface area contributed by atoms with Crippen molar-refractivity contribution in [3.05, 3.63) is 51.2 Å². The minimum atomic E-state index is 0.760. The van der Waals surface area contributed by atoms with Crippen molar-refractivity contribution in [2.24, 2.45) is 5.92 Å². The summed E-state index contributed by atoms with van der Waals surface area (Å²) in [6, 6.07) is 6.51. The molecule has 0 unspecified atom stereocenters. The molecule has 0 radical (unpaired) electrons. The summed E-state index contributed by atoms with van der Waals surface area (Å²) in [6.07, 6.45) is 7.65. The lowest BCUT2D eigenvalue weighted by atomic mass is 9.85. The maximum absolute atomic E-state index is 4.82. The van der Waals surface area contributed by atoms with Crippen molar-refractivity contribution >= 4 is 27.3 Å². The summed E-state index contributed by atoms with van der Waals surface area (Å²) >= 11 is 5.27. The van der Waals surface area contributed by atoms with Gasteiger partial charge in [-0.1, -0.05) is 40.0 Å². The molecule has 3 aromatic rings. The Morgan fingerprint density at radius 2 is 2.16 bits per heavy atom. The molecule has 0 N–H and O–H groups in total. The van der Waals surface area contributed by atoms with Gasteiger partial charge >= 0.3 is 0 Å². The number of rotatable bonds is 6. The normalized spacial score (nSPS) is 14.6. The number of hydrogen-bond donors (Lipinski definition) is 0. The summed E-state index contributed by atoms with van der Waals surface area (Å²) in [5.41, 5.74) is 2.62. The molecule has 6 heteroatoms. The Morgan fingerprint density at radius 1 is 1.28 bits per heavy atom. The largest absolute Gasteiger partial charge is 0.249 e. The van der Waals surface area contributed by atoms with Crippen LogP contribution in [0.2, 0.25) is 0 Å². The minimum absolute atomic E-state index is 0.760. The van der Waals surface area contributed by atoms with Gasteiger partial charge in [0, 0.05) is 29.0 Å². The first-order valence-corrected chi connectivity index (χ1v) is 10.4. The second-order valence-electron chi connectivity index (χ2n) is 6.76. The predicted octanol–water partition coefficient (Wildman–Crippen LogP) is 5.06. The first kappa shape index (κ1) is 16.9. The highest BCUT2D eigenvalue weighted by molar-refractivity contribution is 9.10. The number of aryl methyl sites for hydroxylation is 3. The van der Waals surface area contributed by atoms with Crippen LogP contribution in [-0.4, -0.2) is 19.7 Å². The van der Waals surface area contributed by atoms with Gasteiger partial charge in [0.1, 0.15) is 5.82 Å². The molecular formula is C19H21BrN4S. The van der Waals surface area contributed by atoms with Gasteiger partial charge in [0.15, 0.2) is 5.01 Å². The summed E-state index contributed by atoms with van der Waals surface area (Å²) in [6.45, 7) is 3.12. The molecule has 1 fully saturated rings. The second-order valence-corrected chi connectivity index (χ2v) is 8.51. The molecule has 1 aliphatic rings. The third kappa shape index (κ3) is 3.85. The van der Waals surface area contributed by atoms with Gasteiger partial charge in [0.2, 0.25) is 5.82 Å². The van der Waals surface area contributed by atoms with Gasteiger partial charge in [-0.2, -0.15) is 0 Å². The van der Waals surface area contributed by atoms with Gasteiger partial charge in [0.05, 0.1) is 0 Å². The van der Waals surface area contributed by atoms with Crippen LogP contribution in [0.5, 0.6) is 0 Å². The molecule has 0 spiro atoms. The zero-order valence-corrected chi connectivity index (χ0v) is 16.7. The Morgan fingerprint density at radius 3 is 2.88 bits per heavy atom. The van der Waals surface area contributed by atoms with Gasteiger partial charge in [0.25, 0.3) is 0 Å². The van der Waals surface area contributed by atoms with Gasteiger partial charge in [-0.3, -0.25) is 0 Å². The van der Waals surface area contributed by atoms with Crippen molar-refractivity contribution in [1.82, 2.24) is 19.7 Å². The molecule has 0 aliphatic heterocycles. The predicted molar refractivity (Wildman–Crippen MR) is 105 cm³/mol. The number of aromatic nitrogens is 4. The molecule has 4 rings (SSSR count). The summed E-state index contributed by atoms with van der Waals surface area (Å²) in [5, 5.41) is 7.65. The second kappa shape index (κ2) is 7.38. The smallest absolute Gasteiger partial charge is 0.210 e. The van der Waals surface area contributed by atoms with Crippen molar-refractivity contribution < 1.29 is 0 Å². The lowest BCUT2D eigenvalue weighted by Crippen LogP contribution is -2.20. The maximum Gasteiger partial charge on any atom is 0.210 e. The summed E-state index contributed by atoms with van der Waals surface area (Å²) in [4.78, 5) is 9.19. The Kier molecular flexibility index (Phi) is 4.99. The molecule has 1 aliphatic carbocycles. The Hall–Kier alpha value is -1.53. The van der Waals surface area contributed by atoms with E-state index in [1.165, 1.54) is 34.9 Å². The van der Waals surface area contributed by atoms with Crippen LogP contribution in [0.25, 0.3) is 10.8 Å². The lowest BCUT2D eigenvalue weighted by Gasteiger charge is -2.25. The fourth-order valence-corrected chi connectivity index (χ4v) is 4.20. The molecular weight excluding hydrogens is 396 g/mol. The Bertz CT molecular complexity index is 852. The summed E-state index contributed by atoms with van der Waals surface area (Å²) in [7, 11) is 0. The molecule has 0 amide bonds. The lowest BCUT2D eigenvalue weighted by molar-refractivity contribution is 0.263. The molecule has 4 nitrogen and oxygen atoms in total. The SMILES string of the molecule is Cc1ccc(Br)c(CCc2nc(-c3nccs3)nn2CC2CCC2)c1. The van der Waals surface area contributed by atoms with E-state index >= 15 is 0 Å². The van der Waals surface area contributed by atoms with Crippen LogP contribution in [0, 0.1) is 12.8 Å². The molecule has 130 valence electrons. The summed E-state index contributed by atoms with van der Waals surface area (Å²) in [5.74, 6) is 2.61. The van der Waals surface area contributed by atoms with E-state index in [9.17, 15) is 0 Å². The molecule has 0 bridgehead atoms. The van der Waals surface area contributed by atoms with E-state index in [0.29, 0.717) is 0 Å². The average molecular weight is 417 g/mol. The molecule has 1 saturated carbocycles. The van der Waals surface area contributed by atoms with Gasteiger partial charge < -0.3 is 0 Å². The van der Waals surface area contributed by atoms with E-state index in [1.807, 2.05) is 11.6 Å². The zero-order valence-electron chi connectivity index (χ0n) is 14.3. The van der Waals surface area contributed by atoms with Crippen LogP contribution < -0.4 is 0 Å². The van der Waals surface area contributed by atoms with Crippen LogP contribution in [-0.2, 0) is 19.4 Å². The standard InChI is InChI=1S/C19H21BrN4S/c1-13-5-7-16(20)15(11-13)6-8-17-22-18(19-21-9-10-25-19)23-24(17)12-14-3-2-4-14/h5,7,9-11,14H,2-4,6,8,12H2,1H3. The number of halogens is 1. The molecule has 2 heterocycles. The van der Waals surface area contributed by atoms with Crippen molar-refractivity contribution in [3.63, 3.8) is 0 Å². The van der Waals surface area contributed by atoms with Gasteiger partial charge in [-0.25, -0.2) is 14.6 Å². The molecule has 0 atom stereocenters. The van der Waals surface area contributed by atoms with E-state index in [4.69, 9.17) is 10.1 Å². The van der Waals surface area contributed by atoms with Crippen LogP contribution in [0.4, 0.5) is 0 Å². The van der Waals surface area contributed by atoms with Crippen LogP contribution >= 0.6 is 27.3 Å². The fraction of sp³-hybridized carbons (Fsp3) is 0.421. The van der Waals surface area contributed by atoms with Crippen LogP contribution in [0.15, 0.2) is 34.2 Å². The van der Waals surface area contributed by atoms with Crippen molar-refractivity contribution in [1.29, 1.82) is 0 Å². The number of hydrogen-bond acceptors (Lipinski definition) is 4. The van der Waals surface area contributed by atoms with Crippen LogP contribution in [0.1, 0.15) is 36.2 Å². The van der Waals surface area contributed by atoms with E-state index in [2.05, 4.69) is 50.7 Å². The zero-order chi connectivity index (χ0) is 17.2. The van der Waals surface area contributed by atoms with Gasteiger partial charge in [-0.05, 0) is 43.7 Å². The third-order valence-corrected chi connectivity index (χ3v) is 6.39. The first-order valence-electron chi connectivity index (χ1n) is 8.77. The highest BCUT2D eigenvalue weighted by Crippen LogP contribution is 2.29. The maximum atomic E-state index is 4.82. The van der Waals surface area contributed by atoms with E-state index in [1.54, 1.807) is 11.3 Å². The molecule has 1 aromatic carbocycles. The molecule has 2 aromatic heterocycles. The fourth-order valence-electron chi connectivity index (χ4n) is 3.19. The van der Waals surface area contributed by atoms with Gasteiger partial charge in [-0.15, -0.1) is 16.4 Å². The van der Waals surface area contributed by atoms with Crippen molar-refractivity contribution in [3.8, 4) is 10.8 Å². The van der Waals surface area contributed by atoms with E-state index in [0.717, 1.165) is 42.0 Å². The Balaban J connectivity index is 1.57. The first-order chi connectivity index (χ1) is 12.2. The number of benzene rings is 1.